The van der Waals surface area contributed by atoms with E-state index in [1.54, 1.807) is 0 Å². The smallest absolute Gasteiger partial charge is 0.137 e. The van der Waals surface area contributed by atoms with Gasteiger partial charge in [0.1, 0.15) is 17.3 Å². The number of unbranched alkanes of at least 4 members (excludes halogenated alkanes) is 1. The van der Waals surface area contributed by atoms with Gasteiger partial charge in [0.2, 0.25) is 0 Å². The summed E-state index contributed by atoms with van der Waals surface area (Å²) >= 11 is 0. The third-order valence-corrected chi connectivity index (χ3v) is 10.3. The molecule has 0 saturated carbocycles. The van der Waals surface area contributed by atoms with Crippen molar-refractivity contribution in [2.24, 2.45) is 5.92 Å². The fourth-order valence-corrected chi connectivity index (χ4v) is 7.48. The maximum absolute atomic E-state index is 6.62. The Morgan fingerprint density at radius 3 is 2.35 bits per heavy atom. The van der Waals surface area contributed by atoms with Crippen LogP contribution in [0.3, 0.4) is 0 Å². The molecule has 1 atom stereocenters. The van der Waals surface area contributed by atoms with E-state index >= 15 is 0 Å². The standard InChI is InChI=1S/C46H50N4O/c1-7-8-16-35-25-26-47-45(27-35)49-43-24-21-37(32(4)15-12-14-31(2)3)28-42(43)41-23-22-40(30-44(41)49)51-39-20-13-19-38(29-39)50-34(6)46(33(5)48-50)36-17-10-9-11-18-36/h9-11,13,17-32H,7-8,12,14-16H2,1-6H3. The van der Waals surface area contributed by atoms with Crippen LogP contribution >= 0.6 is 0 Å². The molecular formula is C46H50N4O. The van der Waals surface area contributed by atoms with Crippen molar-refractivity contribution < 1.29 is 4.74 Å². The number of hydrogen-bond donors (Lipinski definition) is 0. The summed E-state index contributed by atoms with van der Waals surface area (Å²) in [4.78, 5) is 4.92. The lowest BCUT2D eigenvalue weighted by Crippen LogP contribution is -2.00. The van der Waals surface area contributed by atoms with Gasteiger partial charge in [-0.15, -0.1) is 0 Å². The zero-order valence-corrected chi connectivity index (χ0v) is 31.0. The first-order chi connectivity index (χ1) is 24.8. The molecule has 0 aliphatic rings. The van der Waals surface area contributed by atoms with E-state index in [0.29, 0.717) is 5.92 Å². The number of rotatable bonds is 13. The summed E-state index contributed by atoms with van der Waals surface area (Å²) in [6.45, 7) is 13.4. The quantitative estimate of drug-likeness (QED) is 0.122. The third kappa shape index (κ3) is 7.21. The SMILES string of the molecule is CCCCc1ccnc(-n2c3ccc(C(C)CCCC(C)C)cc3c3ccc(Oc4cccc(-n5nc(C)c(-c6ccccc6)c5C)c4)cc32)c1. The average Bonchev–Trinajstić information content (AvgIpc) is 3.63. The zero-order valence-electron chi connectivity index (χ0n) is 31.0. The van der Waals surface area contributed by atoms with E-state index in [4.69, 9.17) is 14.8 Å². The van der Waals surface area contributed by atoms with Gasteiger partial charge in [-0.3, -0.25) is 4.57 Å². The second-order valence-corrected chi connectivity index (χ2v) is 14.6. The molecule has 3 heterocycles. The number of hydrogen-bond acceptors (Lipinski definition) is 3. The van der Waals surface area contributed by atoms with Gasteiger partial charge in [0.05, 0.1) is 22.4 Å². The minimum absolute atomic E-state index is 0.503. The second kappa shape index (κ2) is 15.0. The summed E-state index contributed by atoms with van der Waals surface area (Å²) in [5.41, 5.74) is 10.4. The van der Waals surface area contributed by atoms with Gasteiger partial charge in [-0.2, -0.15) is 5.10 Å². The van der Waals surface area contributed by atoms with Crippen LogP contribution in [0.4, 0.5) is 0 Å². The summed E-state index contributed by atoms with van der Waals surface area (Å²) in [6.07, 6.45) is 9.06. The first kappa shape index (κ1) is 34.3. The predicted molar refractivity (Wildman–Crippen MR) is 213 cm³/mol. The molecular weight excluding hydrogens is 625 g/mol. The fraction of sp³-hybridized carbons (Fsp3) is 0.304. The first-order valence-corrected chi connectivity index (χ1v) is 18.7. The Morgan fingerprint density at radius 2 is 1.55 bits per heavy atom. The molecule has 5 nitrogen and oxygen atoms in total. The van der Waals surface area contributed by atoms with Crippen molar-refractivity contribution >= 4 is 21.8 Å². The van der Waals surface area contributed by atoms with Crippen LogP contribution in [0.1, 0.15) is 88.2 Å². The Labute approximate surface area is 302 Å². The van der Waals surface area contributed by atoms with E-state index in [9.17, 15) is 0 Å². The molecule has 0 bridgehead atoms. The van der Waals surface area contributed by atoms with Crippen LogP contribution in [0.2, 0.25) is 0 Å². The Kier molecular flexibility index (Phi) is 10.1. The minimum Gasteiger partial charge on any atom is -0.457 e. The van der Waals surface area contributed by atoms with Gasteiger partial charge in [-0.05, 0) is 110 Å². The van der Waals surface area contributed by atoms with E-state index in [0.717, 1.165) is 58.7 Å². The monoisotopic (exact) mass is 674 g/mol. The molecule has 7 rings (SSSR count). The molecule has 1 unspecified atom stereocenters. The van der Waals surface area contributed by atoms with Gasteiger partial charge < -0.3 is 4.74 Å². The van der Waals surface area contributed by atoms with Crippen LogP contribution in [0, 0.1) is 19.8 Å². The molecule has 260 valence electrons. The van der Waals surface area contributed by atoms with Crippen molar-refractivity contribution in [3.8, 4) is 34.1 Å². The average molecular weight is 675 g/mol. The predicted octanol–water partition coefficient (Wildman–Crippen LogP) is 12.7. The number of aryl methyl sites for hydroxylation is 2. The van der Waals surface area contributed by atoms with E-state index in [1.165, 1.54) is 64.2 Å². The number of nitrogens with zero attached hydrogens (tertiary/aromatic N) is 4. The van der Waals surface area contributed by atoms with E-state index in [2.05, 4.69) is 131 Å². The normalized spacial score (nSPS) is 12.3. The molecule has 0 amide bonds. The second-order valence-electron chi connectivity index (χ2n) is 14.6. The highest BCUT2D eigenvalue weighted by Crippen LogP contribution is 2.38. The number of fused-ring (bicyclic) bond motifs is 3. The molecule has 4 aromatic carbocycles. The van der Waals surface area contributed by atoms with Crippen LogP contribution in [-0.2, 0) is 6.42 Å². The molecule has 5 heteroatoms. The van der Waals surface area contributed by atoms with E-state index < -0.39 is 0 Å². The highest BCUT2D eigenvalue weighted by atomic mass is 16.5. The van der Waals surface area contributed by atoms with Crippen molar-refractivity contribution in [3.63, 3.8) is 0 Å². The highest BCUT2D eigenvalue weighted by Gasteiger charge is 2.18. The highest BCUT2D eigenvalue weighted by molar-refractivity contribution is 6.09. The number of ether oxygens (including phenoxy) is 1. The van der Waals surface area contributed by atoms with Crippen LogP contribution in [0.15, 0.2) is 109 Å². The van der Waals surface area contributed by atoms with Crippen molar-refractivity contribution in [1.29, 1.82) is 0 Å². The Morgan fingerprint density at radius 1 is 0.725 bits per heavy atom. The third-order valence-electron chi connectivity index (χ3n) is 10.3. The van der Waals surface area contributed by atoms with Gasteiger partial charge in [0.25, 0.3) is 0 Å². The van der Waals surface area contributed by atoms with Crippen LogP contribution in [0.25, 0.3) is 44.4 Å². The lowest BCUT2D eigenvalue weighted by Gasteiger charge is -2.14. The van der Waals surface area contributed by atoms with Crippen LogP contribution in [0.5, 0.6) is 11.5 Å². The van der Waals surface area contributed by atoms with E-state index in [1.807, 2.05) is 29.1 Å². The molecule has 51 heavy (non-hydrogen) atoms. The largest absolute Gasteiger partial charge is 0.457 e. The summed E-state index contributed by atoms with van der Waals surface area (Å²) in [5.74, 6) is 3.73. The van der Waals surface area contributed by atoms with Gasteiger partial charge in [-0.1, -0.05) is 89.4 Å². The number of pyridine rings is 1. The Balaban J connectivity index is 1.27. The summed E-state index contributed by atoms with van der Waals surface area (Å²) in [5, 5.41) is 7.40. The molecule has 0 fully saturated rings. The van der Waals surface area contributed by atoms with Crippen molar-refractivity contribution in [1.82, 2.24) is 19.3 Å². The topological polar surface area (TPSA) is 44.9 Å². The van der Waals surface area contributed by atoms with Crippen molar-refractivity contribution in [2.75, 3.05) is 0 Å². The molecule has 7 aromatic rings. The summed E-state index contributed by atoms with van der Waals surface area (Å²) < 4.78 is 11.0. The lowest BCUT2D eigenvalue weighted by atomic mass is 9.92. The van der Waals surface area contributed by atoms with E-state index in [-0.39, 0.29) is 0 Å². The lowest BCUT2D eigenvalue weighted by molar-refractivity contribution is 0.482. The maximum atomic E-state index is 6.62. The van der Waals surface area contributed by atoms with Gasteiger partial charge in [0, 0.05) is 40.4 Å². The zero-order chi connectivity index (χ0) is 35.5. The Hall–Kier alpha value is -5.16. The van der Waals surface area contributed by atoms with Gasteiger partial charge in [0.15, 0.2) is 0 Å². The molecule has 0 radical (unpaired) electrons. The fourth-order valence-electron chi connectivity index (χ4n) is 7.48. The molecule has 0 saturated heterocycles. The van der Waals surface area contributed by atoms with Gasteiger partial charge in [-0.25, -0.2) is 9.67 Å². The van der Waals surface area contributed by atoms with Crippen molar-refractivity contribution in [3.05, 3.63) is 132 Å². The number of benzene rings is 4. The summed E-state index contributed by atoms with van der Waals surface area (Å²) in [7, 11) is 0. The maximum Gasteiger partial charge on any atom is 0.137 e. The van der Waals surface area contributed by atoms with Crippen LogP contribution in [-0.4, -0.2) is 19.3 Å². The minimum atomic E-state index is 0.503. The first-order valence-electron chi connectivity index (χ1n) is 18.7. The molecule has 0 spiro atoms. The Bertz CT molecular complexity index is 2280. The molecule has 0 aliphatic carbocycles. The van der Waals surface area contributed by atoms with Crippen LogP contribution < -0.4 is 4.74 Å². The van der Waals surface area contributed by atoms with Gasteiger partial charge >= 0.3 is 0 Å². The molecule has 3 aromatic heterocycles. The van der Waals surface area contributed by atoms with Crippen molar-refractivity contribution in [2.45, 2.75) is 86.0 Å². The number of aromatic nitrogens is 4. The summed E-state index contributed by atoms with van der Waals surface area (Å²) in [6, 6.07) is 36.6. The molecule has 0 aliphatic heterocycles. The molecule has 0 N–H and O–H groups in total.